The molecule has 0 atom stereocenters. The number of aromatic amines is 1. The van der Waals surface area contributed by atoms with E-state index in [-0.39, 0.29) is 4.90 Å². The lowest BCUT2D eigenvalue weighted by molar-refractivity contribution is 0.601. The summed E-state index contributed by atoms with van der Waals surface area (Å²) in [7, 11) is -3.66. The molecule has 0 radical (unpaired) electrons. The van der Waals surface area contributed by atoms with Crippen LogP contribution in [0.25, 0.3) is 5.69 Å². The molecule has 2 aromatic heterocycles. The van der Waals surface area contributed by atoms with Crippen molar-refractivity contribution in [3.63, 3.8) is 0 Å². The average molecular weight is 289 g/mol. The molecule has 1 aromatic carbocycles. The molecule has 2 heterocycles. The fraction of sp³-hybridized carbons (Fsp3) is 0. The van der Waals surface area contributed by atoms with Crippen molar-refractivity contribution in [1.82, 2.24) is 19.7 Å². The highest BCUT2D eigenvalue weighted by Gasteiger charge is 2.17. The second-order valence-corrected chi connectivity index (χ2v) is 5.71. The van der Waals surface area contributed by atoms with E-state index < -0.39 is 10.0 Å². The summed E-state index contributed by atoms with van der Waals surface area (Å²) < 4.78 is 28.6. The molecule has 3 rings (SSSR count). The summed E-state index contributed by atoms with van der Waals surface area (Å²) in [6.07, 6.45) is 7.54. The first-order valence-electron chi connectivity index (χ1n) is 5.76. The van der Waals surface area contributed by atoms with Crippen molar-refractivity contribution in [3.8, 4) is 5.69 Å². The number of anilines is 1. The Morgan fingerprint density at radius 3 is 2.80 bits per heavy atom. The maximum atomic E-state index is 12.2. The third-order valence-corrected chi connectivity index (χ3v) is 4.05. The summed E-state index contributed by atoms with van der Waals surface area (Å²) in [6, 6.07) is 7.07. The van der Waals surface area contributed by atoms with Gasteiger partial charge in [-0.2, -0.15) is 5.10 Å². The molecule has 0 bridgehead atoms. The van der Waals surface area contributed by atoms with Gasteiger partial charge >= 0.3 is 0 Å². The van der Waals surface area contributed by atoms with E-state index in [4.69, 9.17) is 0 Å². The molecule has 8 heteroatoms. The van der Waals surface area contributed by atoms with Gasteiger partial charge in [-0.1, -0.05) is 12.1 Å². The lowest BCUT2D eigenvalue weighted by Gasteiger charge is -2.11. The lowest BCUT2D eigenvalue weighted by Crippen LogP contribution is -2.13. The lowest BCUT2D eigenvalue weighted by atomic mass is 10.3. The minimum atomic E-state index is -3.66. The van der Waals surface area contributed by atoms with E-state index in [0.717, 1.165) is 0 Å². The number of imidazole rings is 1. The Balaban J connectivity index is 2.00. The number of sulfonamides is 1. The largest absolute Gasteiger partial charge is 0.304 e. The van der Waals surface area contributed by atoms with Gasteiger partial charge in [0, 0.05) is 18.6 Å². The molecule has 0 saturated heterocycles. The van der Waals surface area contributed by atoms with Gasteiger partial charge in [-0.15, -0.1) is 0 Å². The molecule has 0 fully saturated rings. The quantitative estimate of drug-likeness (QED) is 0.759. The van der Waals surface area contributed by atoms with Crippen molar-refractivity contribution >= 4 is 15.7 Å². The van der Waals surface area contributed by atoms with Gasteiger partial charge in [0.05, 0.1) is 23.9 Å². The first kappa shape index (κ1) is 12.4. The van der Waals surface area contributed by atoms with E-state index in [1.54, 1.807) is 41.5 Å². The zero-order chi connectivity index (χ0) is 14.0. The van der Waals surface area contributed by atoms with Crippen LogP contribution in [0.1, 0.15) is 0 Å². The summed E-state index contributed by atoms with van der Waals surface area (Å²) in [5.41, 5.74) is 1.16. The number of para-hydroxylation sites is 2. The van der Waals surface area contributed by atoms with Crippen LogP contribution in [0.5, 0.6) is 0 Å². The standard InChI is InChI=1S/C12H11N5O2S/c18-20(19,10-7-14-15-8-10)16-11-3-1-2-4-12(11)17-6-5-13-9-17/h1-9,16H,(H,14,15). The molecular weight excluding hydrogens is 278 g/mol. The predicted molar refractivity (Wildman–Crippen MR) is 73.0 cm³/mol. The smallest absolute Gasteiger partial charge is 0.265 e. The van der Waals surface area contributed by atoms with Crippen LogP contribution in [0, 0.1) is 0 Å². The van der Waals surface area contributed by atoms with Crippen LogP contribution in [0.3, 0.4) is 0 Å². The summed E-state index contributed by atoms with van der Waals surface area (Å²) in [5.74, 6) is 0. The van der Waals surface area contributed by atoms with Crippen LogP contribution in [0.15, 0.2) is 60.3 Å². The fourth-order valence-electron chi connectivity index (χ4n) is 1.78. The van der Waals surface area contributed by atoms with Crippen molar-refractivity contribution < 1.29 is 8.42 Å². The van der Waals surface area contributed by atoms with Crippen LogP contribution in [0.4, 0.5) is 5.69 Å². The molecule has 0 amide bonds. The Bertz CT molecular complexity index is 794. The molecule has 20 heavy (non-hydrogen) atoms. The van der Waals surface area contributed by atoms with Gasteiger partial charge in [-0.3, -0.25) is 9.82 Å². The van der Waals surface area contributed by atoms with Crippen LogP contribution in [0.2, 0.25) is 0 Å². The minimum Gasteiger partial charge on any atom is -0.304 e. The van der Waals surface area contributed by atoms with Gasteiger partial charge in [0.15, 0.2) is 0 Å². The molecule has 0 aliphatic heterocycles. The topological polar surface area (TPSA) is 92.7 Å². The molecule has 0 aliphatic carbocycles. The molecule has 2 N–H and O–H groups in total. The highest BCUT2D eigenvalue weighted by molar-refractivity contribution is 7.92. The predicted octanol–water partition coefficient (Wildman–Crippen LogP) is 1.40. The third kappa shape index (κ3) is 2.28. The maximum absolute atomic E-state index is 12.2. The van der Waals surface area contributed by atoms with Gasteiger partial charge in [-0.25, -0.2) is 13.4 Å². The van der Waals surface area contributed by atoms with E-state index in [0.29, 0.717) is 11.4 Å². The van der Waals surface area contributed by atoms with Crippen LogP contribution in [-0.2, 0) is 10.0 Å². The first-order valence-corrected chi connectivity index (χ1v) is 7.24. The molecule has 0 saturated carbocycles. The Morgan fingerprint density at radius 2 is 2.10 bits per heavy atom. The Kier molecular flexibility index (Phi) is 2.99. The zero-order valence-electron chi connectivity index (χ0n) is 10.3. The highest BCUT2D eigenvalue weighted by Crippen LogP contribution is 2.22. The Morgan fingerprint density at radius 1 is 1.25 bits per heavy atom. The number of nitrogens with zero attached hydrogens (tertiary/aromatic N) is 3. The van der Waals surface area contributed by atoms with Crippen molar-refractivity contribution in [2.24, 2.45) is 0 Å². The molecule has 3 aromatic rings. The molecule has 0 unspecified atom stereocenters. The summed E-state index contributed by atoms with van der Waals surface area (Å²) in [5, 5.41) is 6.12. The number of nitrogens with one attached hydrogen (secondary N) is 2. The highest BCUT2D eigenvalue weighted by atomic mass is 32.2. The number of hydrogen-bond donors (Lipinski definition) is 2. The zero-order valence-corrected chi connectivity index (χ0v) is 11.1. The SMILES string of the molecule is O=S(=O)(Nc1ccccc1-n1ccnc1)c1cn[nH]c1. The first-order chi connectivity index (χ1) is 9.67. The van der Waals surface area contributed by atoms with Crippen molar-refractivity contribution in [2.75, 3.05) is 4.72 Å². The van der Waals surface area contributed by atoms with Gasteiger partial charge in [-0.05, 0) is 12.1 Å². The van der Waals surface area contributed by atoms with E-state index in [9.17, 15) is 8.42 Å². The minimum absolute atomic E-state index is 0.0814. The van der Waals surface area contributed by atoms with E-state index in [2.05, 4.69) is 19.9 Å². The van der Waals surface area contributed by atoms with Gasteiger partial charge in [0.25, 0.3) is 10.0 Å². The molecule has 7 nitrogen and oxygen atoms in total. The van der Waals surface area contributed by atoms with Crippen LogP contribution in [-0.4, -0.2) is 28.2 Å². The molecule has 0 aliphatic rings. The van der Waals surface area contributed by atoms with E-state index in [1.165, 1.54) is 12.4 Å². The van der Waals surface area contributed by atoms with Crippen LogP contribution >= 0.6 is 0 Å². The summed E-state index contributed by atoms with van der Waals surface area (Å²) in [4.78, 5) is 4.04. The van der Waals surface area contributed by atoms with Gasteiger partial charge < -0.3 is 4.57 Å². The number of aromatic nitrogens is 4. The number of H-pyrrole nitrogens is 1. The number of rotatable bonds is 4. The third-order valence-electron chi connectivity index (χ3n) is 2.71. The molecular formula is C12H11N5O2S. The second-order valence-electron chi connectivity index (χ2n) is 4.03. The number of hydrogen-bond acceptors (Lipinski definition) is 4. The van der Waals surface area contributed by atoms with Crippen molar-refractivity contribution in [2.45, 2.75) is 4.90 Å². The number of benzene rings is 1. The maximum Gasteiger partial charge on any atom is 0.265 e. The fourth-order valence-corrected chi connectivity index (χ4v) is 2.76. The second kappa shape index (κ2) is 4.82. The monoisotopic (exact) mass is 289 g/mol. The Hall–Kier alpha value is -2.61. The van der Waals surface area contributed by atoms with Gasteiger partial charge in [0.1, 0.15) is 4.90 Å². The van der Waals surface area contributed by atoms with Gasteiger partial charge in [0.2, 0.25) is 0 Å². The molecule has 102 valence electrons. The van der Waals surface area contributed by atoms with Crippen molar-refractivity contribution in [3.05, 3.63) is 55.4 Å². The summed E-state index contributed by atoms with van der Waals surface area (Å²) in [6.45, 7) is 0. The average Bonchev–Trinajstić information content (AvgIpc) is 3.13. The van der Waals surface area contributed by atoms with E-state index >= 15 is 0 Å². The molecule has 0 spiro atoms. The normalized spacial score (nSPS) is 11.4. The van der Waals surface area contributed by atoms with Crippen molar-refractivity contribution in [1.29, 1.82) is 0 Å². The van der Waals surface area contributed by atoms with Crippen LogP contribution < -0.4 is 4.72 Å². The summed E-state index contributed by atoms with van der Waals surface area (Å²) >= 11 is 0. The Labute approximate surface area is 115 Å². The van der Waals surface area contributed by atoms with E-state index in [1.807, 2.05) is 6.07 Å².